The Morgan fingerprint density at radius 3 is 2.57 bits per heavy atom. The first-order valence-electron chi connectivity index (χ1n) is 6.54. The number of nitrogens with two attached hydrogens (primary N) is 1. The van der Waals surface area contributed by atoms with Crippen LogP contribution in [0.25, 0.3) is 0 Å². The van der Waals surface area contributed by atoms with Crippen LogP contribution in [0.3, 0.4) is 0 Å². The van der Waals surface area contributed by atoms with E-state index in [0.717, 1.165) is 5.56 Å². The first-order chi connectivity index (χ1) is 10.1. The molecule has 0 radical (unpaired) electrons. The second-order valence-corrected chi connectivity index (χ2v) is 4.79. The fourth-order valence-corrected chi connectivity index (χ4v) is 1.97. The van der Waals surface area contributed by atoms with Crippen LogP contribution in [0.15, 0.2) is 42.5 Å². The number of rotatable bonds is 5. The topological polar surface area (TPSA) is 61.5 Å². The van der Waals surface area contributed by atoms with Crippen LogP contribution in [-0.4, -0.2) is 12.6 Å². The summed E-state index contributed by atoms with van der Waals surface area (Å²) in [6, 6.07) is 12.2. The van der Waals surface area contributed by atoms with Crippen molar-refractivity contribution in [3.05, 3.63) is 58.6 Å². The zero-order valence-corrected chi connectivity index (χ0v) is 12.4. The lowest BCUT2D eigenvalue weighted by molar-refractivity contribution is 0.0469. The molecule has 5 heteroatoms. The van der Waals surface area contributed by atoms with Crippen molar-refractivity contribution in [3.63, 3.8) is 0 Å². The number of halogens is 1. The monoisotopic (exact) mass is 305 g/mol. The zero-order chi connectivity index (χ0) is 15.2. The van der Waals surface area contributed by atoms with Gasteiger partial charge in [-0.2, -0.15) is 0 Å². The van der Waals surface area contributed by atoms with E-state index in [0.29, 0.717) is 23.1 Å². The summed E-state index contributed by atoms with van der Waals surface area (Å²) in [5, 5.41) is 0.635. The quantitative estimate of drug-likeness (QED) is 0.676. The Hall–Kier alpha value is -2.20. The van der Waals surface area contributed by atoms with Gasteiger partial charge >= 0.3 is 5.97 Å². The summed E-state index contributed by atoms with van der Waals surface area (Å²) in [5.74, 6) is -0.0786. The molecule has 0 bridgehead atoms. The van der Waals surface area contributed by atoms with Crippen molar-refractivity contribution >= 4 is 23.3 Å². The van der Waals surface area contributed by atoms with Crippen LogP contribution in [0.4, 0.5) is 5.69 Å². The van der Waals surface area contributed by atoms with Crippen molar-refractivity contribution in [3.8, 4) is 5.75 Å². The van der Waals surface area contributed by atoms with Crippen molar-refractivity contribution in [2.45, 2.75) is 13.5 Å². The highest BCUT2D eigenvalue weighted by molar-refractivity contribution is 6.30. The van der Waals surface area contributed by atoms with Gasteiger partial charge in [-0.25, -0.2) is 4.79 Å². The van der Waals surface area contributed by atoms with Gasteiger partial charge < -0.3 is 15.2 Å². The number of ether oxygens (including phenoxy) is 2. The van der Waals surface area contributed by atoms with E-state index in [-0.39, 0.29) is 12.2 Å². The van der Waals surface area contributed by atoms with Gasteiger partial charge in [0.15, 0.2) is 0 Å². The molecule has 4 nitrogen and oxygen atoms in total. The molecule has 0 aliphatic carbocycles. The Morgan fingerprint density at radius 2 is 1.90 bits per heavy atom. The molecule has 110 valence electrons. The summed E-state index contributed by atoms with van der Waals surface area (Å²) in [6.45, 7) is 2.43. The third kappa shape index (κ3) is 3.89. The Bertz CT molecular complexity index is 626. The first kappa shape index (κ1) is 15.2. The van der Waals surface area contributed by atoms with E-state index in [9.17, 15) is 4.79 Å². The molecule has 0 aromatic heterocycles. The second-order valence-electron chi connectivity index (χ2n) is 4.36. The molecule has 2 rings (SSSR count). The van der Waals surface area contributed by atoms with Crippen LogP contribution in [-0.2, 0) is 11.3 Å². The van der Waals surface area contributed by atoms with E-state index in [2.05, 4.69) is 0 Å². The molecule has 0 heterocycles. The molecular formula is C16H16ClNO3. The number of hydrogen-bond donors (Lipinski definition) is 1. The highest BCUT2D eigenvalue weighted by atomic mass is 35.5. The fraction of sp³-hybridized carbons (Fsp3) is 0.188. The molecule has 21 heavy (non-hydrogen) atoms. The minimum atomic E-state index is -0.508. The average Bonchev–Trinajstić information content (AvgIpc) is 2.47. The molecule has 2 aromatic carbocycles. The zero-order valence-electron chi connectivity index (χ0n) is 11.6. The molecule has 2 N–H and O–H groups in total. The summed E-state index contributed by atoms with van der Waals surface area (Å²) in [7, 11) is 0. The van der Waals surface area contributed by atoms with E-state index < -0.39 is 5.97 Å². The highest BCUT2D eigenvalue weighted by Crippen LogP contribution is 2.25. The molecule has 0 fully saturated rings. The van der Waals surface area contributed by atoms with Crippen LogP contribution < -0.4 is 10.5 Å². The predicted octanol–water partition coefficient (Wildman–Crippen LogP) is 3.68. The summed E-state index contributed by atoms with van der Waals surface area (Å²) in [4.78, 5) is 12.2. The smallest absolute Gasteiger partial charge is 0.344 e. The lowest BCUT2D eigenvalue weighted by atomic mass is 10.1. The Morgan fingerprint density at radius 1 is 1.19 bits per heavy atom. The van der Waals surface area contributed by atoms with Crippen molar-refractivity contribution < 1.29 is 14.3 Å². The van der Waals surface area contributed by atoms with E-state index in [1.54, 1.807) is 42.5 Å². The highest BCUT2D eigenvalue weighted by Gasteiger charge is 2.17. The average molecular weight is 306 g/mol. The van der Waals surface area contributed by atoms with E-state index in [4.69, 9.17) is 26.8 Å². The third-order valence-corrected chi connectivity index (χ3v) is 3.10. The standard InChI is InChI=1S/C16H16ClNO3/c1-2-20-14-5-3-4-13(18)15(14)16(19)21-10-11-6-8-12(17)9-7-11/h3-9H,2,10,18H2,1H3. The number of carbonyl (C=O) groups excluding carboxylic acids is 1. The van der Waals surface area contributed by atoms with Crippen molar-refractivity contribution in [1.82, 2.24) is 0 Å². The molecule has 0 saturated heterocycles. The summed E-state index contributed by atoms with van der Waals surface area (Å²) in [6.07, 6.45) is 0. The Labute approximate surface area is 128 Å². The lowest BCUT2D eigenvalue weighted by Crippen LogP contribution is -2.11. The van der Waals surface area contributed by atoms with Gasteiger partial charge in [-0.3, -0.25) is 0 Å². The van der Waals surface area contributed by atoms with Crippen molar-refractivity contribution in [2.24, 2.45) is 0 Å². The van der Waals surface area contributed by atoms with Crippen LogP contribution in [0.2, 0.25) is 5.02 Å². The fourth-order valence-electron chi connectivity index (χ4n) is 1.84. The number of benzene rings is 2. The summed E-state index contributed by atoms with van der Waals surface area (Å²) < 4.78 is 10.7. The second kappa shape index (κ2) is 6.99. The van der Waals surface area contributed by atoms with Gasteiger partial charge in [0, 0.05) is 10.7 Å². The van der Waals surface area contributed by atoms with Crippen LogP contribution in [0.1, 0.15) is 22.8 Å². The van der Waals surface area contributed by atoms with Gasteiger partial charge in [-0.15, -0.1) is 0 Å². The minimum Gasteiger partial charge on any atom is -0.493 e. The molecule has 0 amide bonds. The maximum Gasteiger partial charge on any atom is 0.344 e. The maximum atomic E-state index is 12.2. The normalized spacial score (nSPS) is 10.2. The molecule has 0 aliphatic rings. The molecule has 0 atom stereocenters. The van der Waals surface area contributed by atoms with Gasteiger partial charge in [-0.05, 0) is 36.8 Å². The molecule has 0 aliphatic heterocycles. The SMILES string of the molecule is CCOc1cccc(N)c1C(=O)OCc1ccc(Cl)cc1. The largest absolute Gasteiger partial charge is 0.493 e. The maximum absolute atomic E-state index is 12.2. The predicted molar refractivity (Wildman–Crippen MR) is 82.6 cm³/mol. The minimum absolute atomic E-state index is 0.149. The van der Waals surface area contributed by atoms with E-state index in [1.807, 2.05) is 6.92 Å². The summed E-state index contributed by atoms with van der Waals surface area (Å²) >= 11 is 5.81. The van der Waals surface area contributed by atoms with E-state index >= 15 is 0 Å². The lowest BCUT2D eigenvalue weighted by Gasteiger charge is -2.12. The Balaban J connectivity index is 2.11. The molecule has 2 aromatic rings. The molecule has 0 saturated carbocycles. The van der Waals surface area contributed by atoms with Gasteiger partial charge in [0.2, 0.25) is 0 Å². The number of hydrogen-bond acceptors (Lipinski definition) is 4. The molecular weight excluding hydrogens is 290 g/mol. The number of carbonyl (C=O) groups is 1. The van der Waals surface area contributed by atoms with Gasteiger partial charge in [0.1, 0.15) is 17.9 Å². The third-order valence-electron chi connectivity index (χ3n) is 2.85. The van der Waals surface area contributed by atoms with E-state index in [1.165, 1.54) is 0 Å². The van der Waals surface area contributed by atoms with Crippen LogP contribution in [0, 0.1) is 0 Å². The Kier molecular flexibility index (Phi) is 5.06. The number of anilines is 1. The molecule has 0 spiro atoms. The first-order valence-corrected chi connectivity index (χ1v) is 6.92. The van der Waals surface area contributed by atoms with Gasteiger partial charge in [0.05, 0.1) is 6.61 Å². The van der Waals surface area contributed by atoms with Gasteiger partial charge in [-0.1, -0.05) is 29.8 Å². The van der Waals surface area contributed by atoms with Crippen molar-refractivity contribution in [2.75, 3.05) is 12.3 Å². The number of esters is 1. The molecule has 0 unspecified atom stereocenters. The van der Waals surface area contributed by atoms with Crippen molar-refractivity contribution in [1.29, 1.82) is 0 Å². The van der Waals surface area contributed by atoms with Crippen LogP contribution in [0.5, 0.6) is 5.75 Å². The van der Waals surface area contributed by atoms with Gasteiger partial charge in [0.25, 0.3) is 0 Å². The number of nitrogen functional groups attached to an aromatic ring is 1. The van der Waals surface area contributed by atoms with Crippen LogP contribution >= 0.6 is 11.6 Å². The summed E-state index contributed by atoms with van der Waals surface area (Å²) in [5.41, 5.74) is 7.28.